The molecule has 0 fully saturated rings. The van der Waals surface area contributed by atoms with E-state index in [4.69, 9.17) is 13.3 Å². The number of halogens is 1. The van der Waals surface area contributed by atoms with Crippen molar-refractivity contribution < 1.29 is 13.3 Å². The van der Waals surface area contributed by atoms with Crippen LogP contribution in [0.2, 0.25) is 0 Å². The maximum Gasteiger partial charge on any atom is 0.591 e. The third-order valence-electron chi connectivity index (χ3n) is 1.31. The van der Waals surface area contributed by atoms with E-state index in [1.165, 1.54) is 0 Å². The van der Waals surface area contributed by atoms with Gasteiger partial charge in [0, 0.05) is 19.8 Å². The first-order chi connectivity index (χ1) is 6.74. The van der Waals surface area contributed by atoms with E-state index in [1.54, 1.807) is 0 Å². The second-order valence-electron chi connectivity index (χ2n) is 2.29. The van der Waals surface area contributed by atoms with Crippen LogP contribution >= 0.6 is 15.9 Å². The van der Waals surface area contributed by atoms with E-state index in [-0.39, 0.29) is 0 Å². The van der Waals surface area contributed by atoms with Crippen molar-refractivity contribution in [2.75, 3.05) is 25.2 Å². The molecule has 0 heterocycles. The van der Waals surface area contributed by atoms with Crippen LogP contribution in [0.25, 0.3) is 0 Å². The van der Waals surface area contributed by atoms with Gasteiger partial charge in [0.25, 0.3) is 0 Å². The summed E-state index contributed by atoms with van der Waals surface area (Å²) >= 11 is 3.24. The minimum Gasteiger partial charge on any atom is -0.364 e. The van der Waals surface area contributed by atoms with Crippen molar-refractivity contribution in [3.05, 3.63) is 0 Å². The van der Waals surface area contributed by atoms with Crippen molar-refractivity contribution in [3.8, 4) is 11.5 Å². The molecule has 0 amide bonds. The molecule has 0 aliphatic carbocycles. The van der Waals surface area contributed by atoms with Crippen molar-refractivity contribution in [2.24, 2.45) is 0 Å². The fourth-order valence-corrected chi connectivity index (χ4v) is 3.26. The maximum atomic E-state index is 5.51. The van der Waals surface area contributed by atoms with E-state index >= 15 is 0 Å². The van der Waals surface area contributed by atoms with Gasteiger partial charge in [-0.3, -0.25) is 0 Å². The molecule has 14 heavy (non-hydrogen) atoms. The highest BCUT2D eigenvalue weighted by Gasteiger charge is 2.39. The molecule has 0 aliphatic rings. The quantitative estimate of drug-likeness (QED) is 0.423. The first kappa shape index (κ1) is 14.1. The predicted molar refractivity (Wildman–Crippen MR) is 62.2 cm³/mol. The number of rotatable bonds is 6. The van der Waals surface area contributed by atoms with Crippen LogP contribution in [0, 0.1) is 11.5 Å². The fourth-order valence-electron chi connectivity index (χ4n) is 0.945. The van der Waals surface area contributed by atoms with Gasteiger partial charge >= 0.3 is 8.80 Å². The van der Waals surface area contributed by atoms with Gasteiger partial charge < -0.3 is 13.3 Å². The van der Waals surface area contributed by atoms with E-state index in [9.17, 15) is 0 Å². The van der Waals surface area contributed by atoms with E-state index in [1.807, 2.05) is 20.8 Å². The summed E-state index contributed by atoms with van der Waals surface area (Å²) in [5.74, 6) is 2.90. The molecule has 0 bridgehead atoms. The molecule has 0 unspecified atom stereocenters. The number of alkyl halides is 1. The molecule has 0 aliphatic heterocycles. The van der Waals surface area contributed by atoms with Crippen LogP contribution in [-0.4, -0.2) is 34.0 Å². The van der Waals surface area contributed by atoms with Gasteiger partial charge in [-0.05, 0) is 26.3 Å². The molecule has 0 spiro atoms. The minimum atomic E-state index is -2.71. The van der Waals surface area contributed by atoms with E-state index in [0.717, 1.165) is 0 Å². The van der Waals surface area contributed by atoms with Gasteiger partial charge in [0.15, 0.2) is 0 Å². The Balaban J connectivity index is 4.54. The molecule has 0 aromatic rings. The van der Waals surface area contributed by atoms with Crippen molar-refractivity contribution >= 4 is 24.7 Å². The molecular formula is C9H17BrO3Si. The van der Waals surface area contributed by atoms with E-state index < -0.39 is 8.80 Å². The maximum absolute atomic E-state index is 5.51. The third kappa shape index (κ3) is 5.13. The molecule has 0 N–H and O–H groups in total. The SMILES string of the molecule is CCO[Si](C#CCBr)(OCC)OCC. The van der Waals surface area contributed by atoms with Gasteiger partial charge in [-0.1, -0.05) is 21.9 Å². The fraction of sp³-hybridized carbons (Fsp3) is 0.778. The van der Waals surface area contributed by atoms with Crippen LogP contribution in [0.4, 0.5) is 0 Å². The number of hydrogen-bond acceptors (Lipinski definition) is 3. The molecule has 0 atom stereocenters. The summed E-state index contributed by atoms with van der Waals surface area (Å²) in [4.78, 5) is 0. The molecule has 0 aromatic heterocycles. The lowest BCUT2D eigenvalue weighted by atomic mass is 10.8. The zero-order valence-corrected chi connectivity index (χ0v) is 11.5. The Hall–Kier alpha value is 0.137. The van der Waals surface area contributed by atoms with Gasteiger partial charge in [-0.15, -0.1) is 0 Å². The summed E-state index contributed by atoms with van der Waals surface area (Å²) < 4.78 is 16.5. The van der Waals surface area contributed by atoms with Gasteiger partial charge in [0.05, 0.1) is 5.33 Å². The molecule has 0 saturated carbocycles. The van der Waals surface area contributed by atoms with Crippen molar-refractivity contribution in [1.82, 2.24) is 0 Å². The van der Waals surface area contributed by atoms with Crippen molar-refractivity contribution in [2.45, 2.75) is 20.8 Å². The highest BCUT2D eigenvalue weighted by molar-refractivity contribution is 9.09. The molecule has 5 heteroatoms. The lowest BCUT2D eigenvalue weighted by molar-refractivity contribution is 0.0870. The number of hydrogen-bond donors (Lipinski definition) is 0. The first-order valence-electron chi connectivity index (χ1n) is 4.72. The summed E-state index contributed by atoms with van der Waals surface area (Å²) in [6, 6.07) is 0. The largest absolute Gasteiger partial charge is 0.591 e. The van der Waals surface area contributed by atoms with E-state index in [0.29, 0.717) is 25.2 Å². The second kappa shape index (κ2) is 8.45. The zero-order valence-electron chi connectivity index (χ0n) is 8.93. The second-order valence-corrected chi connectivity index (χ2v) is 5.08. The van der Waals surface area contributed by atoms with E-state index in [2.05, 4.69) is 27.4 Å². The Morgan fingerprint density at radius 1 is 1.00 bits per heavy atom. The predicted octanol–water partition coefficient (Wildman–Crippen LogP) is 1.97. The third-order valence-corrected chi connectivity index (χ3v) is 4.08. The summed E-state index contributed by atoms with van der Waals surface area (Å²) in [7, 11) is -2.71. The van der Waals surface area contributed by atoms with Gasteiger partial charge in [-0.2, -0.15) is 0 Å². The van der Waals surface area contributed by atoms with Crippen LogP contribution in [0.1, 0.15) is 20.8 Å². The van der Waals surface area contributed by atoms with Crippen molar-refractivity contribution in [1.29, 1.82) is 0 Å². The van der Waals surface area contributed by atoms with Crippen LogP contribution < -0.4 is 0 Å². The average molecular weight is 281 g/mol. The highest BCUT2D eigenvalue weighted by Crippen LogP contribution is 2.08. The molecule has 3 nitrogen and oxygen atoms in total. The Labute approximate surface area is 95.6 Å². The smallest absolute Gasteiger partial charge is 0.364 e. The summed E-state index contributed by atoms with van der Waals surface area (Å²) in [5.41, 5.74) is 2.96. The van der Waals surface area contributed by atoms with Crippen LogP contribution in [-0.2, 0) is 13.3 Å². The Kier molecular flexibility index (Phi) is 8.53. The standard InChI is InChI=1S/C9H17BrO3Si/c1-4-11-14(12-5-2,13-6-3)9-7-8-10/h4-6,8H2,1-3H3. The molecule has 0 radical (unpaired) electrons. The van der Waals surface area contributed by atoms with Gasteiger partial charge in [0.2, 0.25) is 0 Å². The van der Waals surface area contributed by atoms with Gasteiger partial charge in [-0.25, -0.2) is 0 Å². The molecule has 0 rings (SSSR count). The Morgan fingerprint density at radius 3 is 1.71 bits per heavy atom. The van der Waals surface area contributed by atoms with Gasteiger partial charge in [0.1, 0.15) is 0 Å². The normalized spacial score (nSPS) is 10.9. The minimum absolute atomic E-state index is 0.559. The topological polar surface area (TPSA) is 27.7 Å². The molecular weight excluding hydrogens is 264 g/mol. The first-order valence-corrected chi connectivity index (χ1v) is 7.57. The zero-order chi connectivity index (χ0) is 10.9. The van der Waals surface area contributed by atoms with Crippen LogP contribution in [0.3, 0.4) is 0 Å². The summed E-state index contributed by atoms with van der Waals surface area (Å²) in [6.45, 7) is 7.41. The Bertz CT molecular complexity index is 183. The lowest BCUT2D eigenvalue weighted by Crippen LogP contribution is -2.45. The highest BCUT2D eigenvalue weighted by atomic mass is 79.9. The van der Waals surface area contributed by atoms with Crippen molar-refractivity contribution in [3.63, 3.8) is 0 Å². The molecule has 0 aromatic carbocycles. The van der Waals surface area contributed by atoms with Crippen LogP contribution in [0.5, 0.6) is 0 Å². The monoisotopic (exact) mass is 280 g/mol. The van der Waals surface area contributed by atoms with Crippen LogP contribution in [0.15, 0.2) is 0 Å². The summed E-state index contributed by atoms with van der Waals surface area (Å²) in [5, 5.41) is 0.606. The average Bonchev–Trinajstić information content (AvgIpc) is 2.16. The summed E-state index contributed by atoms with van der Waals surface area (Å²) in [6.07, 6.45) is 0. The molecule has 82 valence electrons. The lowest BCUT2D eigenvalue weighted by Gasteiger charge is -2.22. The molecule has 0 saturated heterocycles. The Morgan fingerprint density at radius 2 is 1.43 bits per heavy atom.